The van der Waals surface area contributed by atoms with Crippen molar-refractivity contribution < 1.29 is 4.79 Å². The molecule has 1 N–H and O–H groups in total. The van der Waals surface area contributed by atoms with Crippen molar-refractivity contribution >= 4 is 28.8 Å². The van der Waals surface area contributed by atoms with E-state index in [2.05, 4.69) is 20.3 Å². The van der Waals surface area contributed by atoms with Gasteiger partial charge in [0.25, 0.3) is 5.56 Å². The van der Waals surface area contributed by atoms with E-state index >= 15 is 0 Å². The number of carbonyl (C=O) groups excluding carboxylic acids is 1. The first-order valence-electron chi connectivity index (χ1n) is 10.9. The Morgan fingerprint density at radius 2 is 1.90 bits per heavy atom. The Labute approximate surface area is 185 Å². The zero-order valence-corrected chi connectivity index (χ0v) is 18.5. The molecule has 1 aromatic carbocycles. The molecule has 0 bridgehead atoms. The second kappa shape index (κ2) is 10.0. The molecule has 3 aromatic rings. The molecule has 0 aliphatic heterocycles. The van der Waals surface area contributed by atoms with Crippen LogP contribution in [0.25, 0.3) is 11.2 Å². The molecule has 31 heavy (non-hydrogen) atoms. The van der Waals surface area contributed by atoms with Crippen LogP contribution in [0.3, 0.4) is 0 Å². The molecule has 2 heterocycles. The standard InChI is InChI=1S/C23H27N5O2S/c1-2-18(21(29)26-17-11-7-4-8-12-17)31-23-27-20-19(24-13-14-25-20)22(30)28(23)15-16-9-5-3-6-10-16/h3,5-6,9-10,13-14,17-18H,2,4,7-8,11-12,15H2,1H3,(H,26,29)/t18-/m0/s1. The molecule has 0 unspecified atom stereocenters. The molecule has 0 spiro atoms. The van der Waals surface area contributed by atoms with Crippen LogP contribution in [0.1, 0.15) is 51.0 Å². The van der Waals surface area contributed by atoms with Crippen LogP contribution in [0, 0.1) is 0 Å². The number of thioether (sulfide) groups is 1. The highest BCUT2D eigenvalue weighted by Gasteiger charge is 2.25. The van der Waals surface area contributed by atoms with Gasteiger partial charge in [-0.05, 0) is 24.8 Å². The third kappa shape index (κ3) is 5.12. The summed E-state index contributed by atoms with van der Waals surface area (Å²) in [6.07, 6.45) is 9.31. The van der Waals surface area contributed by atoms with Crippen molar-refractivity contribution in [1.29, 1.82) is 0 Å². The van der Waals surface area contributed by atoms with E-state index in [1.165, 1.54) is 30.6 Å². The van der Waals surface area contributed by atoms with E-state index in [4.69, 9.17) is 0 Å². The van der Waals surface area contributed by atoms with E-state index in [0.29, 0.717) is 23.8 Å². The number of nitrogens with zero attached hydrogens (tertiary/aromatic N) is 4. The molecule has 8 heteroatoms. The molecule has 0 radical (unpaired) electrons. The first-order chi connectivity index (χ1) is 15.2. The highest BCUT2D eigenvalue weighted by molar-refractivity contribution is 8.00. The molecule has 1 aliphatic rings. The highest BCUT2D eigenvalue weighted by Crippen LogP contribution is 2.26. The van der Waals surface area contributed by atoms with Crippen LogP contribution in [0.5, 0.6) is 0 Å². The van der Waals surface area contributed by atoms with Crippen LogP contribution in [0.15, 0.2) is 52.7 Å². The van der Waals surface area contributed by atoms with Gasteiger partial charge in [0.05, 0.1) is 11.8 Å². The largest absolute Gasteiger partial charge is 0.352 e. The average molecular weight is 438 g/mol. The number of rotatable bonds is 7. The number of nitrogens with one attached hydrogen (secondary N) is 1. The van der Waals surface area contributed by atoms with Gasteiger partial charge < -0.3 is 5.32 Å². The first kappa shape index (κ1) is 21.5. The summed E-state index contributed by atoms with van der Waals surface area (Å²) in [5.41, 5.74) is 1.28. The average Bonchev–Trinajstić information content (AvgIpc) is 2.81. The molecule has 1 fully saturated rings. The lowest BCUT2D eigenvalue weighted by Crippen LogP contribution is -2.41. The molecule has 162 valence electrons. The lowest BCUT2D eigenvalue weighted by molar-refractivity contribution is -0.121. The predicted octanol–water partition coefficient (Wildman–Crippen LogP) is 3.55. The quantitative estimate of drug-likeness (QED) is 0.449. The molecule has 1 amide bonds. The molecule has 1 aliphatic carbocycles. The van der Waals surface area contributed by atoms with E-state index in [0.717, 1.165) is 31.2 Å². The molecule has 0 saturated heterocycles. The van der Waals surface area contributed by atoms with E-state index in [1.54, 1.807) is 4.57 Å². The number of benzene rings is 1. The van der Waals surface area contributed by atoms with Gasteiger partial charge in [-0.15, -0.1) is 0 Å². The number of hydrogen-bond donors (Lipinski definition) is 1. The molecule has 2 aromatic heterocycles. The minimum Gasteiger partial charge on any atom is -0.352 e. The van der Waals surface area contributed by atoms with Gasteiger partial charge in [0, 0.05) is 18.4 Å². The number of aromatic nitrogens is 4. The molecular formula is C23H27N5O2S. The molecule has 1 atom stereocenters. The number of carbonyl (C=O) groups is 1. The van der Waals surface area contributed by atoms with Crippen molar-refractivity contribution in [2.24, 2.45) is 0 Å². The Morgan fingerprint density at radius 3 is 2.65 bits per heavy atom. The van der Waals surface area contributed by atoms with Gasteiger partial charge in [0.1, 0.15) is 0 Å². The van der Waals surface area contributed by atoms with Gasteiger partial charge in [-0.3, -0.25) is 14.2 Å². The van der Waals surface area contributed by atoms with Crippen LogP contribution < -0.4 is 10.9 Å². The van der Waals surface area contributed by atoms with Crippen molar-refractivity contribution in [3.05, 3.63) is 58.6 Å². The maximum absolute atomic E-state index is 13.2. The summed E-state index contributed by atoms with van der Waals surface area (Å²) < 4.78 is 1.60. The third-order valence-corrected chi connectivity index (χ3v) is 6.96. The fraction of sp³-hybridized carbons (Fsp3) is 0.435. The monoisotopic (exact) mass is 437 g/mol. The van der Waals surface area contributed by atoms with Crippen molar-refractivity contribution in [2.75, 3.05) is 0 Å². The van der Waals surface area contributed by atoms with Crippen molar-refractivity contribution in [2.45, 2.75) is 68.4 Å². The summed E-state index contributed by atoms with van der Waals surface area (Å²) in [5.74, 6) is 0.0131. The van der Waals surface area contributed by atoms with E-state index in [9.17, 15) is 9.59 Å². The summed E-state index contributed by atoms with van der Waals surface area (Å²) in [5, 5.41) is 3.37. The van der Waals surface area contributed by atoms with Crippen LogP contribution in [-0.2, 0) is 11.3 Å². The van der Waals surface area contributed by atoms with Gasteiger partial charge >= 0.3 is 0 Å². The number of fused-ring (bicyclic) bond motifs is 1. The lowest BCUT2D eigenvalue weighted by Gasteiger charge is -2.25. The number of amides is 1. The first-order valence-corrected chi connectivity index (χ1v) is 11.8. The summed E-state index contributed by atoms with van der Waals surface area (Å²) in [6, 6.07) is 10.00. The summed E-state index contributed by atoms with van der Waals surface area (Å²) in [4.78, 5) is 39.2. The Kier molecular flexibility index (Phi) is 6.96. The van der Waals surface area contributed by atoms with Crippen LogP contribution >= 0.6 is 11.8 Å². The van der Waals surface area contributed by atoms with Crippen LogP contribution in [0.4, 0.5) is 0 Å². The number of hydrogen-bond acceptors (Lipinski definition) is 6. The van der Waals surface area contributed by atoms with E-state index in [1.807, 2.05) is 37.3 Å². The molecule has 4 rings (SSSR count). The van der Waals surface area contributed by atoms with Gasteiger partial charge in [-0.1, -0.05) is 68.3 Å². The molecule has 7 nitrogen and oxygen atoms in total. The molecular weight excluding hydrogens is 410 g/mol. The lowest BCUT2D eigenvalue weighted by atomic mass is 9.95. The van der Waals surface area contributed by atoms with Crippen molar-refractivity contribution in [1.82, 2.24) is 24.8 Å². The second-order valence-corrected chi connectivity index (χ2v) is 9.03. The third-order valence-electron chi connectivity index (χ3n) is 5.61. The highest BCUT2D eigenvalue weighted by atomic mass is 32.2. The summed E-state index contributed by atoms with van der Waals surface area (Å²) in [6.45, 7) is 2.35. The zero-order chi connectivity index (χ0) is 21.6. The Bertz CT molecular complexity index is 1100. The smallest absolute Gasteiger partial charge is 0.282 e. The Morgan fingerprint density at radius 1 is 1.16 bits per heavy atom. The van der Waals surface area contributed by atoms with E-state index in [-0.39, 0.29) is 28.3 Å². The van der Waals surface area contributed by atoms with Gasteiger partial charge in [0.2, 0.25) is 5.91 Å². The fourth-order valence-electron chi connectivity index (χ4n) is 3.91. The minimum absolute atomic E-state index is 0.0131. The SMILES string of the molecule is CC[C@H](Sc1nc2nccnc2c(=O)n1Cc1ccccc1)C(=O)NC1CCCCC1. The summed E-state index contributed by atoms with van der Waals surface area (Å²) in [7, 11) is 0. The summed E-state index contributed by atoms with van der Waals surface area (Å²) >= 11 is 1.33. The maximum Gasteiger partial charge on any atom is 0.282 e. The van der Waals surface area contributed by atoms with E-state index < -0.39 is 0 Å². The molecule has 1 saturated carbocycles. The zero-order valence-electron chi connectivity index (χ0n) is 17.7. The van der Waals surface area contributed by atoms with Gasteiger partial charge in [0.15, 0.2) is 16.3 Å². The van der Waals surface area contributed by atoms with Gasteiger partial charge in [-0.2, -0.15) is 0 Å². The van der Waals surface area contributed by atoms with Crippen LogP contribution in [-0.4, -0.2) is 36.7 Å². The predicted molar refractivity (Wildman–Crippen MR) is 122 cm³/mol. The minimum atomic E-state index is -0.329. The van der Waals surface area contributed by atoms with Crippen molar-refractivity contribution in [3.63, 3.8) is 0 Å². The second-order valence-electron chi connectivity index (χ2n) is 7.86. The van der Waals surface area contributed by atoms with Gasteiger partial charge in [-0.25, -0.2) is 15.0 Å². The Hall–Kier alpha value is -2.74. The van der Waals surface area contributed by atoms with Crippen LogP contribution in [0.2, 0.25) is 0 Å². The fourth-order valence-corrected chi connectivity index (χ4v) is 4.93. The van der Waals surface area contributed by atoms with Crippen molar-refractivity contribution in [3.8, 4) is 0 Å². The Balaban J connectivity index is 1.65. The topological polar surface area (TPSA) is 89.8 Å². The normalized spacial score (nSPS) is 15.6. The maximum atomic E-state index is 13.2.